The number of nitrogens with zero attached hydrogens (tertiary/aromatic N) is 1. The van der Waals surface area contributed by atoms with Crippen molar-refractivity contribution in [2.45, 2.75) is 81.9 Å². The highest BCUT2D eigenvalue weighted by atomic mass is 35.5. The summed E-state index contributed by atoms with van der Waals surface area (Å²) in [6, 6.07) is 13.1. The third-order valence-electron chi connectivity index (χ3n) is 6.46. The highest BCUT2D eigenvalue weighted by molar-refractivity contribution is 7.93. The SMILES string of the molecule is CC[C@H]([C@@H](C)S(=O)(=O)C(C)(C)C)N1O[C@H](CC(=O)O)O[C@H](c2cccc(Cl)c2)[C@H]1c1ccc(Cl)cc1. The Hall–Kier alpha value is -1.68. The van der Waals surface area contributed by atoms with Gasteiger partial charge in [-0.05, 0) is 69.5 Å². The number of hydroxylamine groups is 2. The molecule has 0 amide bonds. The molecule has 0 spiro atoms. The molecule has 10 heteroatoms. The van der Waals surface area contributed by atoms with Gasteiger partial charge in [0.1, 0.15) is 6.10 Å². The van der Waals surface area contributed by atoms with Gasteiger partial charge in [-0.25, -0.2) is 8.42 Å². The van der Waals surface area contributed by atoms with Gasteiger partial charge < -0.3 is 9.84 Å². The molecule has 0 unspecified atom stereocenters. The fourth-order valence-electron chi connectivity index (χ4n) is 4.52. The lowest BCUT2D eigenvalue weighted by Gasteiger charge is -2.48. The van der Waals surface area contributed by atoms with Crippen LogP contribution in [0.4, 0.5) is 0 Å². The van der Waals surface area contributed by atoms with Crippen LogP contribution in [-0.2, 0) is 24.2 Å². The standard InChI is InChI=1S/C26H33Cl2NO6S/c1-6-21(16(2)36(32,33)26(3,4)5)29-24(17-10-12-19(27)13-11-17)25(18-8-7-9-20(28)14-18)34-23(35-29)15-22(30)31/h7-14,16,21,23-25H,6,15H2,1-5H3,(H,30,31)/t16-,21-,23-,24-,25-/m1/s1. The fourth-order valence-corrected chi connectivity index (χ4v) is 6.69. The van der Waals surface area contributed by atoms with Crippen molar-refractivity contribution in [3.05, 3.63) is 69.7 Å². The van der Waals surface area contributed by atoms with Gasteiger partial charge in [0.15, 0.2) is 16.1 Å². The Balaban J connectivity index is 2.19. The molecule has 3 rings (SSSR count). The summed E-state index contributed by atoms with van der Waals surface area (Å²) in [4.78, 5) is 17.8. The lowest BCUT2D eigenvalue weighted by atomic mass is 9.93. The number of benzene rings is 2. The molecule has 0 saturated carbocycles. The molecule has 1 saturated heterocycles. The number of carboxylic acids is 1. The van der Waals surface area contributed by atoms with Crippen molar-refractivity contribution < 1.29 is 27.9 Å². The number of hydrogen-bond acceptors (Lipinski definition) is 6. The third kappa shape index (κ3) is 6.23. The van der Waals surface area contributed by atoms with Crippen LogP contribution in [0, 0.1) is 0 Å². The molecule has 0 radical (unpaired) electrons. The molecule has 5 atom stereocenters. The Morgan fingerprint density at radius 3 is 2.25 bits per heavy atom. The van der Waals surface area contributed by atoms with Crippen molar-refractivity contribution in [3.63, 3.8) is 0 Å². The number of carboxylic acid groups (broad SMARTS) is 1. The molecule has 7 nitrogen and oxygen atoms in total. The van der Waals surface area contributed by atoms with Gasteiger partial charge >= 0.3 is 5.97 Å². The maximum Gasteiger partial charge on any atom is 0.308 e. The lowest BCUT2D eigenvalue weighted by Crippen LogP contribution is -2.55. The van der Waals surface area contributed by atoms with Crippen LogP contribution in [0.5, 0.6) is 0 Å². The van der Waals surface area contributed by atoms with E-state index in [1.165, 1.54) is 0 Å². The van der Waals surface area contributed by atoms with Gasteiger partial charge in [0, 0.05) is 10.0 Å². The summed E-state index contributed by atoms with van der Waals surface area (Å²) in [5.41, 5.74) is 1.49. The van der Waals surface area contributed by atoms with Gasteiger partial charge in [0.2, 0.25) is 0 Å². The van der Waals surface area contributed by atoms with Crippen molar-refractivity contribution in [2.24, 2.45) is 0 Å². The van der Waals surface area contributed by atoms with Crippen molar-refractivity contribution in [1.82, 2.24) is 5.06 Å². The predicted octanol–water partition coefficient (Wildman–Crippen LogP) is 6.22. The van der Waals surface area contributed by atoms with Crippen LogP contribution in [0.25, 0.3) is 0 Å². The monoisotopic (exact) mass is 557 g/mol. The Bertz CT molecular complexity index is 1170. The first kappa shape index (κ1) is 28.9. The van der Waals surface area contributed by atoms with E-state index in [2.05, 4.69) is 0 Å². The minimum absolute atomic E-state index is 0.419. The first-order valence-electron chi connectivity index (χ1n) is 11.8. The zero-order chi connectivity index (χ0) is 26.8. The van der Waals surface area contributed by atoms with Crippen LogP contribution in [0.3, 0.4) is 0 Å². The fraction of sp³-hybridized carbons (Fsp3) is 0.500. The first-order valence-corrected chi connectivity index (χ1v) is 14.1. The van der Waals surface area contributed by atoms with Crippen molar-refractivity contribution >= 4 is 39.0 Å². The molecule has 1 aliphatic rings. The lowest BCUT2D eigenvalue weighted by molar-refractivity contribution is -0.381. The molecule has 0 aromatic heterocycles. The summed E-state index contributed by atoms with van der Waals surface area (Å²) in [5, 5.41) is 11.3. The maximum absolute atomic E-state index is 13.5. The topological polar surface area (TPSA) is 93.1 Å². The van der Waals surface area contributed by atoms with Crippen LogP contribution in [0.2, 0.25) is 10.0 Å². The summed E-state index contributed by atoms with van der Waals surface area (Å²) < 4.78 is 32.2. The Labute approximate surface area is 223 Å². The van der Waals surface area contributed by atoms with E-state index in [1.54, 1.807) is 63.1 Å². The molecule has 1 fully saturated rings. The molecule has 1 heterocycles. The zero-order valence-electron chi connectivity index (χ0n) is 21.0. The number of hydrogen-bond donors (Lipinski definition) is 1. The van der Waals surface area contributed by atoms with E-state index in [4.69, 9.17) is 32.8 Å². The van der Waals surface area contributed by atoms with E-state index in [0.717, 1.165) is 5.56 Å². The molecule has 0 bridgehead atoms. The zero-order valence-corrected chi connectivity index (χ0v) is 23.3. The van der Waals surface area contributed by atoms with Gasteiger partial charge in [-0.1, -0.05) is 54.4 Å². The van der Waals surface area contributed by atoms with Gasteiger partial charge in [0.05, 0.1) is 28.5 Å². The molecule has 1 aliphatic heterocycles. The minimum atomic E-state index is -3.60. The molecular weight excluding hydrogens is 525 g/mol. The maximum atomic E-state index is 13.5. The second-order valence-electron chi connectivity index (χ2n) is 9.94. The van der Waals surface area contributed by atoms with Gasteiger partial charge in [-0.2, -0.15) is 5.06 Å². The number of rotatable bonds is 8. The normalized spacial score (nSPS) is 23.2. The summed E-state index contributed by atoms with van der Waals surface area (Å²) >= 11 is 12.4. The van der Waals surface area contributed by atoms with Crippen LogP contribution in [-0.4, -0.2) is 46.9 Å². The molecule has 198 valence electrons. The summed E-state index contributed by atoms with van der Waals surface area (Å²) in [6.07, 6.45) is -1.81. The predicted molar refractivity (Wildman–Crippen MR) is 141 cm³/mol. The molecule has 2 aromatic rings. The van der Waals surface area contributed by atoms with Gasteiger partial charge in [-0.3, -0.25) is 9.63 Å². The largest absolute Gasteiger partial charge is 0.481 e. The summed E-state index contributed by atoms with van der Waals surface area (Å²) in [7, 11) is -3.60. The van der Waals surface area contributed by atoms with Crippen LogP contribution < -0.4 is 0 Å². The smallest absolute Gasteiger partial charge is 0.308 e. The van der Waals surface area contributed by atoms with Crippen molar-refractivity contribution in [2.75, 3.05) is 0 Å². The third-order valence-corrected chi connectivity index (χ3v) is 9.95. The van der Waals surface area contributed by atoms with E-state index < -0.39 is 56.7 Å². The summed E-state index contributed by atoms with van der Waals surface area (Å²) in [5.74, 6) is -1.10. The van der Waals surface area contributed by atoms with Crippen molar-refractivity contribution in [3.8, 4) is 0 Å². The molecular formula is C26H33Cl2NO6S. The van der Waals surface area contributed by atoms with Crippen LogP contribution in [0.1, 0.15) is 70.7 Å². The molecule has 0 aliphatic carbocycles. The van der Waals surface area contributed by atoms with E-state index in [0.29, 0.717) is 22.0 Å². The van der Waals surface area contributed by atoms with E-state index in [1.807, 2.05) is 25.1 Å². The average Bonchev–Trinajstić information content (AvgIpc) is 2.79. The summed E-state index contributed by atoms with van der Waals surface area (Å²) in [6.45, 7) is 8.57. The van der Waals surface area contributed by atoms with E-state index in [9.17, 15) is 18.3 Å². The quantitative estimate of drug-likeness (QED) is 0.411. The minimum Gasteiger partial charge on any atom is -0.481 e. The first-order chi connectivity index (χ1) is 16.8. The Morgan fingerprint density at radius 2 is 1.72 bits per heavy atom. The Morgan fingerprint density at radius 1 is 1.08 bits per heavy atom. The molecule has 36 heavy (non-hydrogen) atoms. The average molecular weight is 559 g/mol. The van der Waals surface area contributed by atoms with Crippen molar-refractivity contribution in [1.29, 1.82) is 0 Å². The number of sulfone groups is 1. The second kappa shape index (κ2) is 11.4. The van der Waals surface area contributed by atoms with Crippen LogP contribution in [0.15, 0.2) is 48.5 Å². The Kier molecular flexibility index (Phi) is 9.13. The molecule has 1 N–H and O–H groups in total. The highest BCUT2D eigenvalue weighted by Crippen LogP contribution is 2.46. The van der Waals surface area contributed by atoms with Gasteiger partial charge in [-0.15, -0.1) is 0 Å². The van der Waals surface area contributed by atoms with Crippen LogP contribution >= 0.6 is 23.2 Å². The second-order valence-corrected chi connectivity index (χ2v) is 13.9. The van der Waals surface area contributed by atoms with E-state index >= 15 is 0 Å². The number of ether oxygens (including phenoxy) is 1. The molecule has 2 aromatic carbocycles. The highest BCUT2D eigenvalue weighted by Gasteiger charge is 2.48. The van der Waals surface area contributed by atoms with E-state index in [-0.39, 0.29) is 0 Å². The number of aliphatic carboxylic acids is 1. The number of halogens is 2. The van der Waals surface area contributed by atoms with Gasteiger partial charge in [0.25, 0.3) is 0 Å². The number of carbonyl (C=O) groups is 1.